The number of carboxylic acid groups (broad SMARTS) is 1. The summed E-state index contributed by atoms with van der Waals surface area (Å²) in [5, 5.41) is 14.4. The Morgan fingerprint density at radius 1 is 1.08 bits per heavy atom. The monoisotopic (exact) mass is 326 g/mol. The van der Waals surface area contributed by atoms with Gasteiger partial charge in [-0.15, -0.1) is 0 Å². The van der Waals surface area contributed by atoms with Crippen LogP contribution in [0.1, 0.15) is 29.3 Å². The molecule has 126 valence electrons. The van der Waals surface area contributed by atoms with Crippen LogP contribution in [-0.2, 0) is 11.2 Å². The highest BCUT2D eigenvalue weighted by atomic mass is 16.4. The fourth-order valence-electron chi connectivity index (χ4n) is 2.36. The Morgan fingerprint density at radius 2 is 1.83 bits per heavy atom. The zero-order valence-electron chi connectivity index (χ0n) is 13.7. The van der Waals surface area contributed by atoms with E-state index in [1.54, 1.807) is 24.3 Å². The lowest BCUT2D eigenvalue weighted by atomic mass is 10.1. The van der Waals surface area contributed by atoms with Gasteiger partial charge >= 0.3 is 5.97 Å². The molecule has 2 aromatic carbocycles. The van der Waals surface area contributed by atoms with Crippen LogP contribution in [0, 0.1) is 0 Å². The van der Waals surface area contributed by atoms with Crippen molar-refractivity contribution in [3.8, 4) is 0 Å². The quantitative estimate of drug-likeness (QED) is 0.697. The van der Waals surface area contributed by atoms with Crippen LogP contribution < -0.4 is 10.6 Å². The second-order valence-electron chi connectivity index (χ2n) is 5.73. The van der Waals surface area contributed by atoms with Crippen LogP contribution in [0.25, 0.3) is 0 Å². The number of rotatable bonds is 8. The van der Waals surface area contributed by atoms with E-state index in [1.807, 2.05) is 25.1 Å². The number of hydrogen-bond acceptors (Lipinski definition) is 3. The molecule has 1 amide bonds. The standard InChI is InChI=1S/C19H22N2O3/c1-14(10-11-15-6-3-2-4-7-15)21-19(24)16-8-5-9-17(12-16)20-13-18(22)23/h2-9,12,14,20H,10-11,13H2,1H3,(H,21,24)(H,22,23)/t14-/m0/s1. The van der Waals surface area contributed by atoms with Gasteiger partial charge in [0.1, 0.15) is 6.54 Å². The Kier molecular flexibility index (Phi) is 6.37. The summed E-state index contributed by atoms with van der Waals surface area (Å²) in [6, 6.07) is 17.0. The Morgan fingerprint density at radius 3 is 2.54 bits per heavy atom. The normalized spacial score (nSPS) is 11.5. The van der Waals surface area contributed by atoms with E-state index in [-0.39, 0.29) is 18.5 Å². The van der Waals surface area contributed by atoms with Gasteiger partial charge in [-0.05, 0) is 43.5 Å². The maximum Gasteiger partial charge on any atom is 0.322 e. The van der Waals surface area contributed by atoms with Gasteiger partial charge in [0.15, 0.2) is 0 Å². The second-order valence-corrected chi connectivity index (χ2v) is 5.73. The van der Waals surface area contributed by atoms with Gasteiger partial charge in [-0.1, -0.05) is 36.4 Å². The fourth-order valence-corrected chi connectivity index (χ4v) is 2.36. The summed E-state index contributed by atoms with van der Waals surface area (Å²) in [4.78, 5) is 22.9. The third-order valence-electron chi connectivity index (χ3n) is 3.65. The van der Waals surface area contributed by atoms with E-state index in [0.717, 1.165) is 12.8 Å². The number of aryl methyl sites for hydroxylation is 1. The van der Waals surface area contributed by atoms with Gasteiger partial charge in [0.25, 0.3) is 5.91 Å². The van der Waals surface area contributed by atoms with E-state index in [4.69, 9.17) is 5.11 Å². The molecule has 0 saturated carbocycles. The molecule has 24 heavy (non-hydrogen) atoms. The first-order valence-corrected chi connectivity index (χ1v) is 7.95. The molecule has 0 unspecified atom stereocenters. The van der Waals surface area contributed by atoms with Crippen LogP contribution >= 0.6 is 0 Å². The summed E-state index contributed by atoms with van der Waals surface area (Å²) in [7, 11) is 0. The molecule has 0 spiro atoms. The molecule has 2 rings (SSSR count). The van der Waals surface area contributed by atoms with E-state index >= 15 is 0 Å². The van der Waals surface area contributed by atoms with Crippen molar-refractivity contribution in [2.24, 2.45) is 0 Å². The van der Waals surface area contributed by atoms with Crippen molar-refractivity contribution < 1.29 is 14.7 Å². The Labute approximate surface area is 141 Å². The molecule has 3 N–H and O–H groups in total. The minimum absolute atomic E-state index is 0.0494. The fraction of sp³-hybridized carbons (Fsp3) is 0.263. The second kappa shape index (κ2) is 8.72. The topological polar surface area (TPSA) is 78.4 Å². The molecule has 0 radical (unpaired) electrons. The van der Waals surface area contributed by atoms with Crippen molar-refractivity contribution in [1.82, 2.24) is 5.32 Å². The number of carbonyl (C=O) groups excluding carboxylic acids is 1. The number of carboxylic acids is 1. The smallest absolute Gasteiger partial charge is 0.322 e. The molecule has 0 bridgehead atoms. The predicted molar refractivity (Wildman–Crippen MR) is 94.3 cm³/mol. The molecular weight excluding hydrogens is 304 g/mol. The molecule has 0 aromatic heterocycles. The van der Waals surface area contributed by atoms with Crippen LogP contribution in [0.5, 0.6) is 0 Å². The summed E-state index contributed by atoms with van der Waals surface area (Å²) in [5.74, 6) is -1.10. The summed E-state index contributed by atoms with van der Waals surface area (Å²) >= 11 is 0. The Bertz CT molecular complexity index is 686. The number of aliphatic carboxylic acids is 1. The molecule has 0 saturated heterocycles. The lowest BCUT2D eigenvalue weighted by molar-refractivity contribution is -0.134. The Hall–Kier alpha value is -2.82. The Balaban J connectivity index is 1.87. The van der Waals surface area contributed by atoms with Gasteiger partial charge in [-0.25, -0.2) is 0 Å². The number of hydrogen-bond donors (Lipinski definition) is 3. The lowest BCUT2D eigenvalue weighted by Gasteiger charge is -2.14. The predicted octanol–water partition coefficient (Wildman–Crippen LogP) is 2.93. The van der Waals surface area contributed by atoms with Gasteiger partial charge in [0.05, 0.1) is 0 Å². The highest BCUT2D eigenvalue weighted by Crippen LogP contribution is 2.11. The molecule has 5 nitrogen and oxygen atoms in total. The molecule has 0 heterocycles. The van der Waals surface area contributed by atoms with E-state index in [9.17, 15) is 9.59 Å². The van der Waals surface area contributed by atoms with Crippen molar-refractivity contribution in [2.75, 3.05) is 11.9 Å². The average molecular weight is 326 g/mol. The number of benzene rings is 2. The molecule has 0 aliphatic rings. The maximum atomic E-state index is 12.3. The number of anilines is 1. The maximum absolute atomic E-state index is 12.3. The largest absolute Gasteiger partial charge is 0.480 e. The van der Waals surface area contributed by atoms with E-state index in [0.29, 0.717) is 11.3 Å². The lowest BCUT2D eigenvalue weighted by Crippen LogP contribution is -2.32. The van der Waals surface area contributed by atoms with Crippen LogP contribution in [0.3, 0.4) is 0 Å². The summed E-state index contributed by atoms with van der Waals surface area (Å²) in [6.07, 6.45) is 1.76. The zero-order valence-corrected chi connectivity index (χ0v) is 13.7. The van der Waals surface area contributed by atoms with Crippen LogP contribution in [0.4, 0.5) is 5.69 Å². The first-order valence-electron chi connectivity index (χ1n) is 7.95. The molecule has 0 aliphatic carbocycles. The number of carbonyl (C=O) groups is 2. The number of amides is 1. The minimum Gasteiger partial charge on any atom is -0.480 e. The van der Waals surface area contributed by atoms with Crippen LogP contribution in [0.2, 0.25) is 0 Å². The van der Waals surface area contributed by atoms with E-state index < -0.39 is 5.97 Å². The molecule has 0 aliphatic heterocycles. The van der Waals surface area contributed by atoms with Gasteiger partial charge in [-0.2, -0.15) is 0 Å². The molecule has 2 aromatic rings. The molecule has 0 fully saturated rings. The van der Waals surface area contributed by atoms with E-state index in [2.05, 4.69) is 22.8 Å². The van der Waals surface area contributed by atoms with Crippen molar-refractivity contribution in [3.05, 3.63) is 65.7 Å². The van der Waals surface area contributed by atoms with Crippen molar-refractivity contribution >= 4 is 17.6 Å². The summed E-state index contributed by atoms with van der Waals surface area (Å²) in [6.45, 7) is 1.80. The minimum atomic E-state index is -0.945. The average Bonchev–Trinajstić information content (AvgIpc) is 2.59. The first kappa shape index (κ1) is 17.5. The van der Waals surface area contributed by atoms with Gasteiger partial charge in [-0.3, -0.25) is 9.59 Å². The third-order valence-corrected chi connectivity index (χ3v) is 3.65. The SMILES string of the molecule is C[C@@H](CCc1ccccc1)NC(=O)c1cccc(NCC(=O)O)c1. The van der Waals surface area contributed by atoms with Crippen LogP contribution in [0.15, 0.2) is 54.6 Å². The first-order chi connectivity index (χ1) is 11.5. The highest BCUT2D eigenvalue weighted by molar-refractivity contribution is 5.95. The number of nitrogens with one attached hydrogen (secondary N) is 2. The summed E-state index contributed by atoms with van der Waals surface area (Å²) in [5.41, 5.74) is 2.37. The van der Waals surface area contributed by atoms with Gasteiger partial charge in [0, 0.05) is 17.3 Å². The highest BCUT2D eigenvalue weighted by Gasteiger charge is 2.10. The van der Waals surface area contributed by atoms with Crippen molar-refractivity contribution in [3.63, 3.8) is 0 Å². The molecular formula is C19H22N2O3. The van der Waals surface area contributed by atoms with Crippen molar-refractivity contribution in [1.29, 1.82) is 0 Å². The van der Waals surface area contributed by atoms with Gasteiger partial charge < -0.3 is 15.7 Å². The van der Waals surface area contributed by atoms with Gasteiger partial charge in [0.2, 0.25) is 0 Å². The van der Waals surface area contributed by atoms with Crippen LogP contribution in [-0.4, -0.2) is 29.6 Å². The third kappa shape index (κ3) is 5.76. The van der Waals surface area contributed by atoms with Crippen molar-refractivity contribution in [2.45, 2.75) is 25.8 Å². The molecule has 1 atom stereocenters. The molecule has 5 heteroatoms. The van der Waals surface area contributed by atoms with E-state index in [1.165, 1.54) is 5.56 Å². The summed E-state index contributed by atoms with van der Waals surface area (Å²) < 4.78 is 0. The zero-order chi connectivity index (χ0) is 17.4.